The molecule has 1 aromatic heterocycles. The maximum absolute atomic E-state index is 10.6. The van der Waals surface area contributed by atoms with E-state index >= 15 is 0 Å². The number of methoxy groups -OCH3 is 1. The lowest BCUT2D eigenvalue weighted by Gasteiger charge is -1.92. The smallest absolute Gasteiger partial charge is 0.306 e. The molecule has 0 fully saturated rings. The molecule has 1 heterocycles. The second-order valence-corrected chi connectivity index (χ2v) is 1.45. The van der Waals surface area contributed by atoms with Crippen molar-refractivity contribution in [1.29, 1.82) is 0 Å². The van der Waals surface area contributed by atoms with Crippen molar-refractivity contribution in [3.05, 3.63) is 22.6 Å². The highest BCUT2D eigenvalue weighted by molar-refractivity contribution is 5.12. The van der Waals surface area contributed by atoms with Gasteiger partial charge < -0.3 is 4.74 Å². The molecule has 1 N–H and O–H groups in total. The minimum atomic E-state index is -0.306. The van der Waals surface area contributed by atoms with Gasteiger partial charge in [0.25, 0.3) is 0 Å². The van der Waals surface area contributed by atoms with Crippen LogP contribution in [0.3, 0.4) is 0 Å². The molecular formula is C5H6N2O2. The summed E-state index contributed by atoms with van der Waals surface area (Å²) in [6.07, 6.45) is 1.46. The number of hydrogen-bond donors (Lipinski definition) is 1. The molecule has 0 saturated heterocycles. The second-order valence-electron chi connectivity index (χ2n) is 1.45. The fourth-order valence-electron chi connectivity index (χ4n) is 0.492. The molecule has 0 aliphatic rings. The zero-order valence-corrected chi connectivity index (χ0v) is 4.92. The molecule has 1 aromatic rings. The number of aromatic nitrogens is 2. The van der Waals surface area contributed by atoms with Crippen LogP contribution in [0.1, 0.15) is 0 Å². The predicted molar refractivity (Wildman–Crippen MR) is 31.4 cm³/mol. The van der Waals surface area contributed by atoms with Gasteiger partial charge in [0.1, 0.15) is 0 Å². The number of nitrogens with zero attached hydrogens (tertiary/aromatic N) is 1. The molecule has 0 saturated carbocycles. The highest BCUT2D eigenvalue weighted by Gasteiger charge is 1.92. The fourth-order valence-corrected chi connectivity index (χ4v) is 0.492. The average molecular weight is 126 g/mol. The first-order chi connectivity index (χ1) is 4.34. The van der Waals surface area contributed by atoms with E-state index in [1.165, 1.54) is 19.4 Å². The number of nitrogens with one attached hydrogen (secondary N) is 1. The van der Waals surface area contributed by atoms with Crippen LogP contribution in [0.25, 0.3) is 0 Å². The van der Waals surface area contributed by atoms with Crippen LogP contribution in [-0.2, 0) is 0 Å². The molecule has 0 unspecified atom stereocenters. The molecular weight excluding hydrogens is 120 g/mol. The number of ether oxygens (including phenoxy) is 1. The van der Waals surface area contributed by atoms with Crippen molar-refractivity contribution in [1.82, 2.24) is 10.2 Å². The van der Waals surface area contributed by atoms with Crippen LogP contribution >= 0.6 is 0 Å². The lowest BCUT2D eigenvalue weighted by molar-refractivity contribution is 0.406. The summed E-state index contributed by atoms with van der Waals surface area (Å²) in [5, 5.41) is 5.70. The van der Waals surface area contributed by atoms with E-state index in [0.717, 1.165) is 0 Å². The molecule has 0 amide bonds. The largest absolute Gasteiger partial charge is 0.491 e. The second kappa shape index (κ2) is 2.30. The SMILES string of the molecule is COc1ccn[nH]c1=O. The standard InChI is InChI=1S/C5H6N2O2/c1-9-4-2-3-6-7-5(4)8/h2-3H,1H3,(H,7,8). The molecule has 48 valence electrons. The maximum Gasteiger partial charge on any atom is 0.306 e. The number of rotatable bonds is 1. The van der Waals surface area contributed by atoms with E-state index in [0.29, 0.717) is 0 Å². The fraction of sp³-hybridized carbons (Fsp3) is 0.200. The zero-order chi connectivity index (χ0) is 6.69. The van der Waals surface area contributed by atoms with Crippen molar-refractivity contribution in [3.8, 4) is 5.75 Å². The molecule has 0 aromatic carbocycles. The van der Waals surface area contributed by atoms with Crippen LogP contribution in [0, 0.1) is 0 Å². The molecule has 4 heteroatoms. The van der Waals surface area contributed by atoms with Crippen LogP contribution in [0.2, 0.25) is 0 Å². The summed E-state index contributed by atoms with van der Waals surface area (Å²) in [6.45, 7) is 0. The normalized spacial score (nSPS) is 9.00. The van der Waals surface area contributed by atoms with E-state index < -0.39 is 0 Å². The van der Waals surface area contributed by atoms with Gasteiger partial charge in [0.2, 0.25) is 0 Å². The van der Waals surface area contributed by atoms with Crippen LogP contribution in [0.4, 0.5) is 0 Å². The molecule has 1 rings (SSSR count). The molecule has 0 bridgehead atoms. The molecule has 4 nitrogen and oxygen atoms in total. The Hall–Kier alpha value is -1.32. The van der Waals surface area contributed by atoms with Crippen molar-refractivity contribution in [2.45, 2.75) is 0 Å². The van der Waals surface area contributed by atoms with E-state index in [1.54, 1.807) is 0 Å². The van der Waals surface area contributed by atoms with Gasteiger partial charge in [-0.05, 0) is 0 Å². The van der Waals surface area contributed by atoms with Gasteiger partial charge in [-0.15, -0.1) is 0 Å². The molecule has 0 radical (unpaired) electrons. The van der Waals surface area contributed by atoms with Crippen LogP contribution in [0.15, 0.2) is 17.1 Å². The van der Waals surface area contributed by atoms with Gasteiger partial charge >= 0.3 is 5.56 Å². The Balaban J connectivity index is 3.16. The Bertz CT molecular complexity index is 243. The molecule has 0 aliphatic carbocycles. The third-order valence-electron chi connectivity index (χ3n) is 0.910. The molecule has 9 heavy (non-hydrogen) atoms. The van der Waals surface area contributed by atoms with Gasteiger partial charge in [-0.1, -0.05) is 0 Å². The number of hydrogen-bond acceptors (Lipinski definition) is 3. The average Bonchev–Trinajstić information content (AvgIpc) is 1.89. The third-order valence-corrected chi connectivity index (χ3v) is 0.910. The van der Waals surface area contributed by atoms with Crippen LogP contribution < -0.4 is 10.3 Å². The number of aromatic amines is 1. The molecule has 0 atom stereocenters. The Morgan fingerprint density at radius 3 is 3.00 bits per heavy atom. The Labute approximate surface area is 51.5 Å². The first-order valence-corrected chi connectivity index (χ1v) is 2.42. The van der Waals surface area contributed by atoms with E-state index in [4.69, 9.17) is 0 Å². The van der Waals surface area contributed by atoms with Gasteiger partial charge in [0.15, 0.2) is 5.75 Å². The first-order valence-electron chi connectivity index (χ1n) is 2.42. The monoisotopic (exact) mass is 126 g/mol. The Kier molecular flexibility index (Phi) is 1.48. The zero-order valence-electron chi connectivity index (χ0n) is 4.92. The van der Waals surface area contributed by atoms with Crippen molar-refractivity contribution in [3.63, 3.8) is 0 Å². The minimum absolute atomic E-state index is 0.282. The van der Waals surface area contributed by atoms with Crippen molar-refractivity contribution in [2.75, 3.05) is 7.11 Å². The van der Waals surface area contributed by atoms with E-state index in [2.05, 4.69) is 14.9 Å². The van der Waals surface area contributed by atoms with Crippen molar-refractivity contribution >= 4 is 0 Å². The quantitative estimate of drug-likeness (QED) is 0.565. The summed E-state index contributed by atoms with van der Waals surface area (Å²) < 4.78 is 4.66. The lowest BCUT2D eigenvalue weighted by Crippen LogP contribution is -2.09. The summed E-state index contributed by atoms with van der Waals surface area (Å²) in [5.41, 5.74) is -0.306. The molecule has 0 aliphatic heterocycles. The molecule has 0 spiro atoms. The van der Waals surface area contributed by atoms with Crippen molar-refractivity contribution < 1.29 is 4.74 Å². The van der Waals surface area contributed by atoms with E-state index in [9.17, 15) is 4.79 Å². The summed E-state index contributed by atoms with van der Waals surface area (Å²) in [5.74, 6) is 0.282. The summed E-state index contributed by atoms with van der Waals surface area (Å²) in [4.78, 5) is 10.6. The van der Waals surface area contributed by atoms with Gasteiger partial charge in [-0.3, -0.25) is 4.79 Å². The highest BCUT2D eigenvalue weighted by Crippen LogP contribution is 1.94. The summed E-state index contributed by atoms with van der Waals surface area (Å²) >= 11 is 0. The van der Waals surface area contributed by atoms with Gasteiger partial charge in [0, 0.05) is 6.07 Å². The predicted octanol–water partition coefficient (Wildman–Crippen LogP) is -0.221. The maximum atomic E-state index is 10.6. The number of H-pyrrole nitrogens is 1. The lowest BCUT2D eigenvalue weighted by atomic mass is 10.5. The Morgan fingerprint density at radius 1 is 1.78 bits per heavy atom. The first kappa shape index (κ1) is 5.81. The van der Waals surface area contributed by atoms with Crippen LogP contribution in [0.5, 0.6) is 5.75 Å². The Morgan fingerprint density at radius 2 is 2.56 bits per heavy atom. The summed E-state index contributed by atoms with van der Waals surface area (Å²) in [7, 11) is 1.44. The third kappa shape index (κ3) is 1.07. The van der Waals surface area contributed by atoms with Gasteiger partial charge in [-0.25, -0.2) is 5.10 Å². The van der Waals surface area contributed by atoms with Crippen molar-refractivity contribution in [2.24, 2.45) is 0 Å². The van der Waals surface area contributed by atoms with Gasteiger partial charge in [0.05, 0.1) is 13.3 Å². The summed E-state index contributed by atoms with van der Waals surface area (Å²) in [6, 6.07) is 1.50. The highest BCUT2D eigenvalue weighted by atomic mass is 16.5. The minimum Gasteiger partial charge on any atom is -0.491 e. The van der Waals surface area contributed by atoms with Crippen LogP contribution in [-0.4, -0.2) is 17.3 Å². The van der Waals surface area contributed by atoms with Gasteiger partial charge in [-0.2, -0.15) is 5.10 Å². The van der Waals surface area contributed by atoms with E-state index in [1.807, 2.05) is 0 Å². The topological polar surface area (TPSA) is 55.0 Å². The van der Waals surface area contributed by atoms with E-state index in [-0.39, 0.29) is 11.3 Å².